The molecule has 1 aromatic rings. The number of aliphatic hydroxyl groups is 1. The highest BCUT2D eigenvalue weighted by Crippen LogP contribution is 2.40. The summed E-state index contributed by atoms with van der Waals surface area (Å²) in [6.45, 7) is 2.15. The van der Waals surface area contributed by atoms with Crippen molar-refractivity contribution in [3.8, 4) is 0 Å². The largest absolute Gasteiger partial charge is 0.387 e. The summed E-state index contributed by atoms with van der Waals surface area (Å²) in [7, 11) is 1.92. The van der Waals surface area contributed by atoms with E-state index < -0.39 is 6.10 Å². The highest BCUT2D eigenvalue weighted by molar-refractivity contribution is 5.05. The van der Waals surface area contributed by atoms with Crippen molar-refractivity contribution < 1.29 is 14.6 Å². The first-order valence-corrected chi connectivity index (χ1v) is 6.56. The normalized spacial score (nSPS) is 34.0. The Kier molecular flexibility index (Phi) is 3.13. The summed E-state index contributed by atoms with van der Waals surface area (Å²) >= 11 is 0. The number of nitrogens with zero attached hydrogens (tertiary/aromatic N) is 2. The maximum absolute atomic E-state index is 10.5. The van der Waals surface area contributed by atoms with Gasteiger partial charge in [-0.1, -0.05) is 0 Å². The lowest BCUT2D eigenvalue weighted by Gasteiger charge is -2.38. The second-order valence-electron chi connectivity index (χ2n) is 5.46. The van der Waals surface area contributed by atoms with Gasteiger partial charge in [-0.05, 0) is 18.8 Å². The molecule has 0 amide bonds. The van der Waals surface area contributed by atoms with Crippen LogP contribution in [-0.4, -0.2) is 40.1 Å². The van der Waals surface area contributed by atoms with Gasteiger partial charge >= 0.3 is 0 Å². The Morgan fingerprint density at radius 2 is 2.44 bits per heavy atom. The van der Waals surface area contributed by atoms with Crippen LogP contribution in [0.1, 0.15) is 31.1 Å². The highest BCUT2D eigenvalue weighted by atomic mass is 16.6. The number of hydrogen-bond acceptors (Lipinski definition) is 4. The summed E-state index contributed by atoms with van der Waals surface area (Å²) in [5.74, 6) is 0.232. The summed E-state index contributed by atoms with van der Waals surface area (Å²) in [6.07, 6.45) is 5.73. The van der Waals surface area contributed by atoms with Gasteiger partial charge in [0, 0.05) is 26.7 Å². The molecular formula is C13H20N2O3. The number of aryl methyl sites for hydroxylation is 1. The molecule has 1 spiro atoms. The lowest BCUT2D eigenvalue weighted by molar-refractivity contribution is -0.117. The Morgan fingerprint density at radius 1 is 1.56 bits per heavy atom. The van der Waals surface area contributed by atoms with Gasteiger partial charge in [-0.25, -0.2) is 4.98 Å². The Hall–Kier alpha value is -0.910. The fraction of sp³-hybridized carbons (Fsp3) is 0.769. The van der Waals surface area contributed by atoms with Gasteiger partial charge in [-0.15, -0.1) is 0 Å². The van der Waals surface area contributed by atoms with E-state index in [9.17, 15) is 5.11 Å². The van der Waals surface area contributed by atoms with Crippen LogP contribution in [-0.2, 0) is 16.5 Å². The van der Waals surface area contributed by atoms with Gasteiger partial charge in [-0.3, -0.25) is 0 Å². The monoisotopic (exact) mass is 252 g/mol. The molecule has 0 aromatic carbocycles. The molecule has 2 aliphatic rings. The van der Waals surface area contributed by atoms with Crippen molar-refractivity contribution in [1.29, 1.82) is 0 Å². The van der Waals surface area contributed by atoms with Crippen molar-refractivity contribution in [2.45, 2.75) is 31.0 Å². The van der Waals surface area contributed by atoms with E-state index in [-0.39, 0.29) is 11.5 Å². The van der Waals surface area contributed by atoms with Crippen molar-refractivity contribution in [1.82, 2.24) is 9.55 Å². The van der Waals surface area contributed by atoms with Crippen LogP contribution in [0, 0.1) is 5.92 Å². The summed E-state index contributed by atoms with van der Waals surface area (Å²) in [6, 6.07) is 0. The maximum Gasteiger partial charge on any atom is 0.0985 e. The number of aliphatic hydroxyl groups excluding tert-OH is 1. The molecule has 100 valence electrons. The quantitative estimate of drug-likeness (QED) is 0.854. The fourth-order valence-electron chi connectivity index (χ4n) is 3.09. The molecule has 0 bridgehead atoms. The van der Waals surface area contributed by atoms with Crippen molar-refractivity contribution in [2.24, 2.45) is 13.0 Å². The lowest BCUT2D eigenvalue weighted by atomic mass is 9.81. The number of ether oxygens (including phenoxy) is 2. The molecule has 3 rings (SSSR count). The molecule has 3 heterocycles. The summed E-state index contributed by atoms with van der Waals surface area (Å²) in [5.41, 5.74) is 0.735. The predicted molar refractivity (Wildman–Crippen MR) is 65.0 cm³/mol. The van der Waals surface area contributed by atoms with Gasteiger partial charge in [0.2, 0.25) is 0 Å². The first kappa shape index (κ1) is 12.1. The van der Waals surface area contributed by atoms with E-state index in [0.29, 0.717) is 13.2 Å². The van der Waals surface area contributed by atoms with Crippen LogP contribution in [0.5, 0.6) is 0 Å². The van der Waals surface area contributed by atoms with Gasteiger partial charge in [0.25, 0.3) is 0 Å². The van der Waals surface area contributed by atoms with Crippen LogP contribution in [0.3, 0.4) is 0 Å². The molecule has 0 aliphatic carbocycles. The number of aromatic nitrogens is 2. The van der Waals surface area contributed by atoms with Crippen molar-refractivity contribution >= 4 is 0 Å². The zero-order chi connectivity index (χ0) is 12.6. The van der Waals surface area contributed by atoms with Crippen LogP contribution in [0.2, 0.25) is 0 Å². The molecule has 0 radical (unpaired) electrons. The second-order valence-corrected chi connectivity index (χ2v) is 5.46. The van der Waals surface area contributed by atoms with E-state index in [0.717, 1.165) is 31.6 Å². The average Bonchev–Trinajstić information content (AvgIpc) is 2.98. The lowest BCUT2D eigenvalue weighted by Crippen LogP contribution is -2.42. The van der Waals surface area contributed by atoms with Crippen LogP contribution in [0.15, 0.2) is 12.5 Å². The number of rotatable bonds is 2. The number of imidazole rings is 1. The third kappa shape index (κ3) is 2.06. The topological polar surface area (TPSA) is 56.5 Å². The molecule has 18 heavy (non-hydrogen) atoms. The van der Waals surface area contributed by atoms with E-state index in [1.165, 1.54) is 0 Å². The van der Waals surface area contributed by atoms with Crippen molar-refractivity contribution in [3.05, 3.63) is 18.2 Å². The van der Waals surface area contributed by atoms with Gasteiger partial charge < -0.3 is 19.1 Å². The smallest absolute Gasteiger partial charge is 0.0985 e. The van der Waals surface area contributed by atoms with Crippen molar-refractivity contribution in [2.75, 3.05) is 19.8 Å². The predicted octanol–water partition coefficient (Wildman–Crippen LogP) is 1.04. The van der Waals surface area contributed by atoms with E-state index in [1.54, 1.807) is 12.5 Å². The third-order valence-corrected chi connectivity index (χ3v) is 4.20. The fourth-order valence-corrected chi connectivity index (χ4v) is 3.09. The molecule has 1 aromatic heterocycles. The van der Waals surface area contributed by atoms with Crippen LogP contribution in [0.25, 0.3) is 0 Å². The molecule has 5 nitrogen and oxygen atoms in total. The van der Waals surface area contributed by atoms with E-state index in [4.69, 9.17) is 9.47 Å². The maximum atomic E-state index is 10.5. The molecule has 1 N–H and O–H groups in total. The minimum absolute atomic E-state index is 0.150. The van der Waals surface area contributed by atoms with Gasteiger partial charge in [0.15, 0.2) is 0 Å². The Labute approximate surface area is 107 Å². The Morgan fingerprint density at radius 3 is 3.11 bits per heavy atom. The molecule has 2 saturated heterocycles. The van der Waals surface area contributed by atoms with Crippen molar-refractivity contribution in [3.63, 3.8) is 0 Å². The molecule has 3 unspecified atom stereocenters. The molecule has 2 aliphatic heterocycles. The molecular weight excluding hydrogens is 232 g/mol. The molecule has 3 atom stereocenters. The zero-order valence-electron chi connectivity index (χ0n) is 10.7. The summed E-state index contributed by atoms with van der Waals surface area (Å²) in [4.78, 5) is 4.07. The van der Waals surface area contributed by atoms with Crippen LogP contribution in [0.4, 0.5) is 0 Å². The minimum atomic E-state index is -0.459. The molecule has 2 fully saturated rings. The Balaban J connectivity index is 1.74. The van der Waals surface area contributed by atoms with Gasteiger partial charge in [-0.2, -0.15) is 0 Å². The standard InChI is InChI=1S/C13H20N2O3/c1-15-9-14-7-11(15)12(16)10-2-4-18-13(6-10)3-5-17-8-13/h7,9-10,12,16H,2-6,8H2,1H3. The SMILES string of the molecule is Cn1cncc1C(O)C1CCOC2(CCOC2)C1. The van der Waals surface area contributed by atoms with E-state index >= 15 is 0 Å². The summed E-state index contributed by atoms with van der Waals surface area (Å²) < 4.78 is 13.2. The zero-order valence-corrected chi connectivity index (χ0v) is 10.7. The van der Waals surface area contributed by atoms with Crippen LogP contribution >= 0.6 is 0 Å². The van der Waals surface area contributed by atoms with Gasteiger partial charge in [0.05, 0.1) is 36.5 Å². The second kappa shape index (κ2) is 4.64. The summed E-state index contributed by atoms with van der Waals surface area (Å²) in [5, 5.41) is 10.5. The molecule has 5 heteroatoms. The first-order chi connectivity index (χ1) is 8.70. The average molecular weight is 252 g/mol. The third-order valence-electron chi connectivity index (χ3n) is 4.20. The Bertz CT molecular complexity index is 412. The van der Waals surface area contributed by atoms with Gasteiger partial charge in [0.1, 0.15) is 0 Å². The highest BCUT2D eigenvalue weighted by Gasteiger charge is 2.43. The molecule has 0 saturated carbocycles. The van der Waals surface area contributed by atoms with E-state index in [2.05, 4.69) is 4.98 Å². The minimum Gasteiger partial charge on any atom is -0.387 e. The van der Waals surface area contributed by atoms with Crippen LogP contribution < -0.4 is 0 Å². The van der Waals surface area contributed by atoms with E-state index in [1.807, 2.05) is 11.6 Å². The first-order valence-electron chi connectivity index (χ1n) is 6.56. The number of hydrogen-bond donors (Lipinski definition) is 1.